The highest BCUT2D eigenvalue weighted by molar-refractivity contribution is 7.54. The van der Waals surface area contributed by atoms with Crippen molar-refractivity contribution in [2.24, 2.45) is 0 Å². The number of benzene rings is 1. The van der Waals surface area contributed by atoms with Crippen LogP contribution in [-0.2, 0) is 9.85 Å². The van der Waals surface area contributed by atoms with E-state index in [4.69, 9.17) is 9.26 Å². The molecule has 0 saturated carbocycles. The summed E-state index contributed by atoms with van der Waals surface area (Å²) in [4.78, 5) is 9.96. The van der Waals surface area contributed by atoms with Crippen molar-refractivity contribution in [2.45, 2.75) is 19.1 Å². The Kier molecular flexibility index (Phi) is 2.94. The van der Waals surface area contributed by atoms with Gasteiger partial charge >= 0.3 is 7.60 Å². The number of rotatable bonds is 3. The number of nitrogens with one attached hydrogen (secondary N) is 1. The first kappa shape index (κ1) is 12.4. The highest BCUT2D eigenvalue weighted by atomic mass is 31.2. The Labute approximate surface area is 100 Å². The predicted molar refractivity (Wildman–Crippen MR) is 64.5 cm³/mol. The highest BCUT2D eigenvalue weighted by Crippen LogP contribution is 2.66. The van der Waals surface area contributed by atoms with Gasteiger partial charge in [0.15, 0.2) is 5.28 Å². The van der Waals surface area contributed by atoms with Crippen molar-refractivity contribution in [2.75, 3.05) is 13.7 Å². The van der Waals surface area contributed by atoms with Gasteiger partial charge in [0, 0.05) is 11.6 Å². The molecule has 1 aromatic carbocycles. The molecule has 1 aromatic rings. The molecule has 94 valence electrons. The van der Waals surface area contributed by atoms with Crippen molar-refractivity contribution in [1.29, 1.82) is 0 Å². The lowest BCUT2D eigenvalue weighted by Gasteiger charge is -2.26. The number of ether oxygens (including phenoxy) is 1. The van der Waals surface area contributed by atoms with E-state index >= 15 is 0 Å². The van der Waals surface area contributed by atoms with Gasteiger partial charge in [0.1, 0.15) is 11.5 Å². The minimum Gasteiger partial charge on any atom is -0.497 e. The van der Waals surface area contributed by atoms with E-state index in [-0.39, 0.29) is 0 Å². The summed E-state index contributed by atoms with van der Waals surface area (Å²) in [5, 5.41) is 1.97. The molecule has 0 saturated heterocycles. The zero-order chi connectivity index (χ0) is 12.7. The molecule has 2 atom stereocenters. The lowest BCUT2D eigenvalue weighted by atomic mass is 10.1. The van der Waals surface area contributed by atoms with Gasteiger partial charge in [-0.3, -0.25) is 5.32 Å². The topological polar surface area (TPSA) is 67.8 Å². The fourth-order valence-corrected chi connectivity index (χ4v) is 3.47. The van der Waals surface area contributed by atoms with Crippen LogP contribution in [0.5, 0.6) is 11.5 Å². The maximum Gasteiger partial charge on any atom is 0.400 e. The van der Waals surface area contributed by atoms with Crippen LogP contribution in [0.1, 0.15) is 19.4 Å². The van der Waals surface area contributed by atoms with Crippen molar-refractivity contribution in [3.63, 3.8) is 0 Å². The Morgan fingerprint density at radius 3 is 2.88 bits per heavy atom. The molecule has 17 heavy (non-hydrogen) atoms. The van der Waals surface area contributed by atoms with Crippen LogP contribution in [0.4, 0.5) is 0 Å². The predicted octanol–water partition coefficient (Wildman–Crippen LogP) is 2.06. The van der Waals surface area contributed by atoms with E-state index in [9.17, 15) is 9.46 Å². The Balaban J connectivity index is 2.54. The fourth-order valence-electron chi connectivity index (χ4n) is 2.02. The molecule has 1 aliphatic heterocycles. The summed E-state index contributed by atoms with van der Waals surface area (Å²) in [5.41, 5.74) is 0.686. The molecule has 0 aromatic heterocycles. The third-order valence-corrected chi connectivity index (χ3v) is 4.99. The Hall–Kier alpha value is -1.03. The molecule has 0 amide bonds. The lowest BCUT2D eigenvalue weighted by Crippen LogP contribution is -2.37. The van der Waals surface area contributed by atoms with Crippen LogP contribution in [0.25, 0.3) is 0 Å². The standard InChI is InChI=1S/C11H16NO4P/c1-4-12-11(2)9-6-5-8(15-3)7-10(9)16-17(11,13)14/h5-7,12H,4H2,1-3H3,(H,13,14). The summed E-state index contributed by atoms with van der Waals surface area (Å²) < 4.78 is 22.4. The van der Waals surface area contributed by atoms with Crippen molar-refractivity contribution in [1.82, 2.24) is 5.32 Å². The van der Waals surface area contributed by atoms with Crippen LogP contribution in [0.3, 0.4) is 0 Å². The van der Waals surface area contributed by atoms with Crippen LogP contribution < -0.4 is 14.6 Å². The summed E-state index contributed by atoms with van der Waals surface area (Å²) in [7, 11) is -2.22. The maximum atomic E-state index is 12.1. The van der Waals surface area contributed by atoms with Gasteiger partial charge in [0.2, 0.25) is 0 Å². The lowest BCUT2D eigenvalue weighted by molar-refractivity contribution is 0.345. The van der Waals surface area contributed by atoms with Crippen molar-refractivity contribution in [3.8, 4) is 11.5 Å². The van der Waals surface area contributed by atoms with E-state index in [0.29, 0.717) is 23.6 Å². The van der Waals surface area contributed by atoms with E-state index < -0.39 is 12.9 Å². The van der Waals surface area contributed by atoms with Gasteiger partial charge in [0.05, 0.1) is 7.11 Å². The Morgan fingerprint density at radius 2 is 2.29 bits per heavy atom. The first-order valence-electron chi connectivity index (χ1n) is 5.40. The summed E-state index contributed by atoms with van der Waals surface area (Å²) in [6, 6.07) is 5.14. The minimum absolute atomic E-state index is 0.402. The van der Waals surface area contributed by atoms with Crippen LogP contribution in [-0.4, -0.2) is 18.5 Å². The smallest absolute Gasteiger partial charge is 0.400 e. The maximum absolute atomic E-state index is 12.1. The zero-order valence-corrected chi connectivity index (χ0v) is 11.0. The fraction of sp³-hybridized carbons (Fsp3) is 0.455. The zero-order valence-electron chi connectivity index (χ0n) is 10.1. The number of fused-ring (bicyclic) bond motifs is 1. The van der Waals surface area contributed by atoms with Crippen molar-refractivity contribution >= 4 is 7.60 Å². The van der Waals surface area contributed by atoms with Gasteiger partial charge < -0.3 is 14.2 Å². The molecule has 2 rings (SSSR count). The van der Waals surface area contributed by atoms with E-state index in [2.05, 4.69) is 5.32 Å². The SMILES string of the molecule is CCNC1(C)c2ccc(OC)cc2OP1(=O)O. The molecular weight excluding hydrogens is 241 g/mol. The molecule has 0 radical (unpaired) electrons. The van der Waals surface area contributed by atoms with Crippen molar-refractivity contribution < 1.29 is 18.7 Å². The van der Waals surface area contributed by atoms with Crippen molar-refractivity contribution in [3.05, 3.63) is 23.8 Å². The van der Waals surface area contributed by atoms with Gasteiger partial charge in [0.25, 0.3) is 0 Å². The average Bonchev–Trinajstić information content (AvgIpc) is 2.46. The normalized spacial score (nSPS) is 30.8. The van der Waals surface area contributed by atoms with Gasteiger partial charge in [-0.05, 0) is 25.6 Å². The molecule has 2 unspecified atom stereocenters. The largest absolute Gasteiger partial charge is 0.497 e. The van der Waals surface area contributed by atoms with Gasteiger partial charge in [-0.15, -0.1) is 0 Å². The van der Waals surface area contributed by atoms with Crippen LogP contribution >= 0.6 is 7.60 Å². The summed E-state index contributed by atoms with van der Waals surface area (Å²) in [6.07, 6.45) is 0. The Bertz CT molecular complexity index is 490. The van der Waals surface area contributed by atoms with E-state index in [1.807, 2.05) is 6.92 Å². The highest BCUT2D eigenvalue weighted by Gasteiger charge is 2.54. The van der Waals surface area contributed by atoms with E-state index in [1.165, 1.54) is 0 Å². The van der Waals surface area contributed by atoms with Gasteiger partial charge in [-0.1, -0.05) is 6.92 Å². The summed E-state index contributed by atoms with van der Waals surface area (Å²) in [5.74, 6) is 1.00. The molecular formula is C11H16NO4P. The molecule has 0 fully saturated rings. The second-order valence-electron chi connectivity index (χ2n) is 4.08. The minimum atomic E-state index is -3.76. The van der Waals surface area contributed by atoms with Gasteiger partial charge in [-0.25, -0.2) is 4.57 Å². The van der Waals surface area contributed by atoms with Crippen LogP contribution in [0, 0.1) is 0 Å². The molecule has 0 bridgehead atoms. The first-order valence-corrected chi connectivity index (χ1v) is 6.98. The second kappa shape index (κ2) is 4.02. The van der Waals surface area contributed by atoms with Crippen LogP contribution in [0.15, 0.2) is 18.2 Å². The molecule has 0 aliphatic carbocycles. The van der Waals surface area contributed by atoms with Crippen LogP contribution in [0.2, 0.25) is 0 Å². The quantitative estimate of drug-likeness (QED) is 0.811. The van der Waals surface area contributed by atoms with E-state index in [0.717, 1.165) is 0 Å². The molecule has 5 nitrogen and oxygen atoms in total. The number of hydrogen-bond donors (Lipinski definition) is 2. The molecule has 0 spiro atoms. The molecule has 1 heterocycles. The Morgan fingerprint density at radius 1 is 1.59 bits per heavy atom. The monoisotopic (exact) mass is 257 g/mol. The summed E-state index contributed by atoms with van der Waals surface area (Å²) in [6.45, 7) is 4.14. The second-order valence-corrected chi connectivity index (χ2v) is 6.19. The summed E-state index contributed by atoms with van der Waals surface area (Å²) >= 11 is 0. The average molecular weight is 257 g/mol. The molecule has 2 N–H and O–H groups in total. The number of hydrogen-bond acceptors (Lipinski definition) is 4. The van der Waals surface area contributed by atoms with E-state index in [1.54, 1.807) is 32.2 Å². The van der Waals surface area contributed by atoms with Gasteiger partial charge in [-0.2, -0.15) is 0 Å². The number of methoxy groups -OCH3 is 1. The molecule has 1 aliphatic rings. The third kappa shape index (κ3) is 1.75. The first-order chi connectivity index (χ1) is 7.94. The third-order valence-electron chi connectivity index (χ3n) is 3.02. The molecule has 6 heteroatoms.